The topological polar surface area (TPSA) is 119 Å². The van der Waals surface area contributed by atoms with Gasteiger partial charge in [0.25, 0.3) is 5.69 Å². The Balaban J connectivity index is 1.65. The number of nitrogens with one attached hydrogen (secondary N) is 1. The highest BCUT2D eigenvalue weighted by Crippen LogP contribution is 2.35. The monoisotopic (exact) mass is 421 g/mol. The lowest BCUT2D eigenvalue weighted by Gasteiger charge is -2.33. The molecule has 0 aliphatic carbocycles. The van der Waals surface area contributed by atoms with Crippen molar-refractivity contribution in [3.63, 3.8) is 0 Å². The van der Waals surface area contributed by atoms with E-state index in [1.54, 1.807) is 17.0 Å². The number of piperidine rings is 1. The Hall–Kier alpha value is -2.62. The van der Waals surface area contributed by atoms with Crippen molar-refractivity contribution in [2.45, 2.75) is 44.1 Å². The molecule has 156 valence electrons. The Morgan fingerprint density at radius 1 is 1.34 bits per heavy atom. The minimum absolute atomic E-state index is 0.00349. The Kier molecular flexibility index (Phi) is 6.73. The molecule has 2 fully saturated rings. The summed E-state index contributed by atoms with van der Waals surface area (Å²) in [4.78, 5) is 47.9. The van der Waals surface area contributed by atoms with Gasteiger partial charge in [0.05, 0.1) is 4.92 Å². The number of thioether (sulfide) groups is 1. The number of hydrogen-bond donors (Lipinski definition) is 1. The van der Waals surface area contributed by atoms with Crippen molar-refractivity contribution in [3.8, 4) is 0 Å². The molecular weight excluding hydrogens is 398 g/mol. The number of amides is 2. The second-order valence-electron chi connectivity index (χ2n) is 7.27. The van der Waals surface area contributed by atoms with E-state index < -0.39 is 11.0 Å². The number of nitro benzene ring substituents is 1. The summed E-state index contributed by atoms with van der Waals surface area (Å²) >= 11 is 1.22. The predicted molar refractivity (Wildman–Crippen MR) is 106 cm³/mol. The average molecular weight is 421 g/mol. The molecule has 2 amide bonds. The fraction of sp³-hybridized carbons (Fsp3) is 0.526. The lowest BCUT2D eigenvalue weighted by molar-refractivity contribution is -0.384. The van der Waals surface area contributed by atoms with Crippen LogP contribution in [0.3, 0.4) is 0 Å². The number of carbonyl (C=O) groups excluding carboxylic acids is 3. The van der Waals surface area contributed by atoms with Crippen LogP contribution in [0.4, 0.5) is 10.5 Å². The molecule has 2 heterocycles. The number of likely N-dealkylation sites (tertiary alicyclic amines) is 1. The number of rotatable bonds is 5. The van der Waals surface area contributed by atoms with E-state index in [1.807, 2.05) is 0 Å². The van der Waals surface area contributed by atoms with Gasteiger partial charge in [-0.25, -0.2) is 4.79 Å². The summed E-state index contributed by atoms with van der Waals surface area (Å²) in [5.41, 5.74) is 0.616. The largest absolute Gasteiger partial charge is 0.445 e. The van der Waals surface area contributed by atoms with Gasteiger partial charge in [0.1, 0.15) is 6.61 Å². The zero-order valence-corrected chi connectivity index (χ0v) is 16.9. The van der Waals surface area contributed by atoms with Crippen molar-refractivity contribution in [2.24, 2.45) is 5.92 Å². The van der Waals surface area contributed by atoms with Gasteiger partial charge in [-0.15, -0.1) is 0 Å². The van der Waals surface area contributed by atoms with E-state index in [9.17, 15) is 24.5 Å². The van der Waals surface area contributed by atoms with E-state index in [-0.39, 0.29) is 40.5 Å². The number of non-ortho nitro benzene ring substituents is 1. The second-order valence-corrected chi connectivity index (χ2v) is 8.75. The third kappa shape index (κ3) is 5.47. The number of nitrogens with zero attached hydrogens (tertiary/aromatic N) is 2. The molecule has 10 heteroatoms. The third-order valence-electron chi connectivity index (χ3n) is 5.21. The van der Waals surface area contributed by atoms with Crippen molar-refractivity contribution in [1.29, 1.82) is 0 Å². The van der Waals surface area contributed by atoms with E-state index >= 15 is 0 Å². The predicted octanol–water partition coefficient (Wildman–Crippen LogP) is 2.48. The molecule has 3 atom stereocenters. The van der Waals surface area contributed by atoms with Gasteiger partial charge in [-0.1, -0.05) is 11.8 Å². The minimum Gasteiger partial charge on any atom is -0.445 e. The number of carbonyl (C=O) groups is 3. The SMILES string of the molecule is CC(=O)S[C@H]1C[C@@H]([C@@H]2CCNC(=O)C2)N(C(=O)OCc2ccc([N+](=O)[O-])cc2)C1. The van der Waals surface area contributed by atoms with Crippen molar-refractivity contribution in [1.82, 2.24) is 10.2 Å². The summed E-state index contributed by atoms with van der Waals surface area (Å²) in [6.07, 6.45) is 1.29. The number of nitro groups is 1. The number of hydrogen-bond acceptors (Lipinski definition) is 7. The maximum Gasteiger partial charge on any atom is 0.410 e. The van der Waals surface area contributed by atoms with Crippen molar-refractivity contribution < 1.29 is 24.0 Å². The van der Waals surface area contributed by atoms with Crippen LogP contribution in [0, 0.1) is 16.0 Å². The zero-order valence-electron chi connectivity index (χ0n) is 16.0. The molecular formula is C19H23N3O6S. The molecule has 29 heavy (non-hydrogen) atoms. The molecule has 2 saturated heterocycles. The van der Waals surface area contributed by atoms with Crippen molar-refractivity contribution >= 4 is 34.6 Å². The quantitative estimate of drug-likeness (QED) is 0.573. The first-order valence-electron chi connectivity index (χ1n) is 9.44. The van der Waals surface area contributed by atoms with E-state index in [0.717, 1.165) is 6.42 Å². The van der Waals surface area contributed by atoms with Crippen LogP contribution >= 0.6 is 11.8 Å². The van der Waals surface area contributed by atoms with Gasteiger partial charge < -0.3 is 15.0 Å². The van der Waals surface area contributed by atoms with Crippen LogP contribution in [0.25, 0.3) is 0 Å². The van der Waals surface area contributed by atoms with Gasteiger partial charge in [0.15, 0.2) is 5.12 Å². The summed E-state index contributed by atoms with van der Waals surface area (Å²) < 4.78 is 5.44. The Morgan fingerprint density at radius 3 is 2.69 bits per heavy atom. The fourth-order valence-electron chi connectivity index (χ4n) is 3.88. The number of benzene rings is 1. The standard InChI is InChI=1S/C19H23N3O6S/c1-12(23)29-16-9-17(14-6-7-20-18(24)8-14)21(10-16)19(25)28-11-13-2-4-15(5-3-13)22(26)27/h2-5,14,16-17H,6-11H2,1H3,(H,20,24)/t14-,16+,17+/m1/s1. The van der Waals surface area contributed by atoms with E-state index in [1.165, 1.54) is 30.8 Å². The van der Waals surface area contributed by atoms with Crippen LogP contribution in [0.5, 0.6) is 0 Å². The summed E-state index contributed by atoms with van der Waals surface area (Å²) in [5.74, 6) is 0.0105. The smallest absolute Gasteiger partial charge is 0.410 e. The fourth-order valence-corrected chi connectivity index (χ4v) is 4.88. The van der Waals surface area contributed by atoms with E-state index in [4.69, 9.17) is 4.74 Å². The normalized spacial score (nSPS) is 24.1. The van der Waals surface area contributed by atoms with Gasteiger partial charge >= 0.3 is 6.09 Å². The molecule has 2 aliphatic heterocycles. The van der Waals surface area contributed by atoms with Gasteiger partial charge in [0.2, 0.25) is 5.91 Å². The van der Waals surface area contributed by atoms with Gasteiger partial charge in [-0.3, -0.25) is 19.7 Å². The molecule has 1 aromatic rings. The van der Waals surface area contributed by atoms with Crippen LogP contribution in [-0.2, 0) is 20.9 Å². The zero-order chi connectivity index (χ0) is 21.0. The first-order chi connectivity index (χ1) is 13.8. The van der Waals surface area contributed by atoms with Crippen LogP contribution in [0.2, 0.25) is 0 Å². The Labute approximate surface area is 172 Å². The van der Waals surface area contributed by atoms with Gasteiger partial charge in [-0.05, 0) is 36.5 Å². The molecule has 3 rings (SSSR count). The molecule has 0 bridgehead atoms. The number of ether oxygens (including phenoxy) is 1. The van der Waals surface area contributed by atoms with E-state index in [2.05, 4.69) is 5.32 Å². The van der Waals surface area contributed by atoms with Gasteiger partial charge in [-0.2, -0.15) is 0 Å². The van der Waals surface area contributed by atoms with Crippen molar-refractivity contribution in [2.75, 3.05) is 13.1 Å². The summed E-state index contributed by atoms with van der Waals surface area (Å²) in [7, 11) is 0. The second kappa shape index (κ2) is 9.25. The lowest BCUT2D eigenvalue weighted by atomic mass is 9.88. The Morgan fingerprint density at radius 2 is 2.07 bits per heavy atom. The first kappa shape index (κ1) is 21.1. The molecule has 0 aromatic heterocycles. The first-order valence-corrected chi connectivity index (χ1v) is 10.3. The van der Waals surface area contributed by atoms with Crippen LogP contribution < -0.4 is 5.32 Å². The third-order valence-corrected chi connectivity index (χ3v) is 6.22. The maximum absolute atomic E-state index is 12.8. The molecule has 1 N–H and O–H groups in total. The average Bonchev–Trinajstić information content (AvgIpc) is 3.09. The molecule has 2 aliphatic rings. The van der Waals surface area contributed by atoms with Crippen LogP contribution in [-0.4, -0.2) is 51.3 Å². The molecule has 0 spiro atoms. The highest BCUT2D eigenvalue weighted by molar-refractivity contribution is 8.14. The maximum atomic E-state index is 12.8. The molecule has 0 radical (unpaired) electrons. The summed E-state index contributed by atoms with van der Waals surface area (Å²) in [6, 6.07) is 5.67. The highest BCUT2D eigenvalue weighted by atomic mass is 32.2. The minimum atomic E-state index is -0.494. The van der Waals surface area contributed by atoms with E-state index in [0.29, 0.717) is 31.5 Å². The van der Waals surface area contributed by atoms with Crippen LogP contribution in [0.15, 0.2) is 24.3 Å². The summed E-state index contributed by atoms with van der Waals surface area (Å²) in [5, 5.41) is 13.5. The Bertz CT molecular complexity index is 800. The molecule has 0 unspecified atom stereocenters. The van der Waals surface area contributed by atoms with Crippen molar-refractivity contribution in [3.05, 3.63) is 39.9 Å². The highest BCUT2D eigenvalue weighted by Gasteiger charge is 2.42. The summed E-state index contributed by atoms with van der Waals surface area (Å²) in [6.45, 7) is 2.47. The van der Waals surface area contributed by atoms with Crippen LogP contribution in [0.1, 0.15) is 31.7 Å². The van der Waals surface area contributed by atoms with Gasteiger partial charge in [0, 0.05) is 49.9 Å². The molecule has 1 aromatic carbocycles. The lowest BCUT2D eigenvalue weighted by Crippen LogP contribution is -2.45. The molecule has 9 nitrogen and oxygen atoms in total. The molecule has 0 saturated carbocycles.